The van der Waals surface area contributed by atoms with E-state index < -0.39 is 22.3 Å². The van der Waals surface area contributed by atoms with Crippen molar-refractivity contribution in [3.8, 4) is 0 Å². The van der Waals surface area contributed by atoms with Crippen LogP contribution < -0.4 is 16.3 Å². The molecule has 13 heteroatoms. The largest absolute Gasteiger partial charge is 0.323 e. The number of carbonyl (C=O) groups excluding carboxylic acids is 2. The molecule has 3 rings (SSSR count). The van der Waals surface area contributed by atoms with E-state index >= 15 is 0 Å². The molecule has 0 saturated carbocycles. The Morgan fingerprint density at radius 3 is 2.40 bits per heavy atom. The van der Waals surface area contributed by atoms with Crippen LogP contribution >= 0.6 is 17.0 Å². The molecule has 0 spiro atoms. The van der Waals surface area contributed by atoms with Crippen LogP contribution in [0.15, 0.2) is 58.4 Å². The number of anilines is 1. The van der Waals surface area contributed by atoms with Gasteiger partial charge in [-0.15, -0.1) is 17.0 Å². The lowest BCUT2D eigenvalue weighted by molar-refractivity contribution is -0.862. The van der Waals surface area contributed by atoms with E-state index in [1.807, 2.05) is 21.1 Å². The second kappa shape index (κ2) is 11.4. The van der Waals surface area contributed by atoms with Crippen molar-refractivity contribution in [3.05, 3.63) is 74.7 Å². The number of non-ortho nitro benzene ring substituents is 1. The second-order valence-corrected chi connectivity index (χ2v) is 8.51. The molecule has 3 aromatic rings. The number of rotatable bonds is 8. The number of hydrazone groups is 1. The normalized spacial score (nSPS) is 11.5. The summed E-state index contributed by atoms with van der Waals surface area (Å²) in [7, 11) is 5.47. The lowest BCUT2D eigenvalue weighted by Gasteiger charge is -2.22. The Hall–Kier alpha value is -3.97. The number of aromatic amines is 1. The van der Waals surface area contributed by atoms with Gasteiger partial charge in [0.25, 0.3) is 23.1 Å². The minimum Gasteiger partial charge on any atom is -0.323 e. The fourth-order valence-electron chi connectivity index (χ4n) is 2.98. The molecule has 0 aliphatic rings. The Labute approximate surface area is 210 Å². The lowest BCUT2D eigenvalue weighted by atomic mass is 10.2. The number of para-hydroxylation sites is 2. The molecule has 12 nitrogen and oxygen atoms in total. The number of carbonyl (C=O) groups is 2. The highest BCUT2D eigenvalue weighted by Gasteiger charge is 2.19. The average molecular weight is 547 g/mol. The maximum Gasteiger partial charge on any atom is 0.295 e. The molecule has 2 amide bonds. The number of nitro benzene ring substituents is 1. The number of quaternary nitrogens is 1. The molecule has 0 aliphatic heterocycles. The van der Waals surface area contributed by atoms with E-state index in [-0.39, 0.29) is 52.7 Å². The van der Waals surface area contributed by atoms with Gasteiger partial charge in [0.15, 0.2) is 6.54 Å². The first-order valence-electron chi connectivity index (χ1n) is 10.2. The maximum atomic E-state index is 12.9. The number of benzene rings is 2. The number of nitrogens with one attached hydrogen (secondary N) is 3. The van der Waals surface area contributed by atoms with E-state index in [2.05, 4.69) is 25.8 Å². The predicted molar refractivity (Wildman–Crippen MR) is 137 cm³/mol. The van der Waals surface area contributed by atoms with Gasteiger partial charge in [0.05, 0.1) is 37.1 Å². The predicted octanol–water partition coefficient (Wildman–Crippen LogP) is 1.77. The number of likely N-dealkylation sites (N-methyl/N-ethyl adjacent to an activating group) is 1. The smallest absolute Gasteiger partial charge is 0.295 e. The summed E-state index contributed by atoms with van der Waals surface area (Å²) in [6.45, 7) is 0.107. The van der Waals surface area contributed by atoms with Crippen LogP contribution in [-0.2, 0) is 16.0 Å². The number of nitro groups is 1. The number of H-pyrrole nitrogens is 1. The van der Waals surface area contributed by atoms with Gasteiger partial charge in [0, 0.05) is 24.2 Å². The van der Waals surface area contributed by atoms with E-state index in [9.17, 15) is 24.5 Å². The standard InChI is InChI=1S/C22H23N7O5.BrH/c1-29(2,3)13-20(30)27-26-19(22(32)23-14-8-10-15(11-9-14)28(33)34)12-18-21(31)25-17-7-5-4-6-16(17)24-18;/h4-11H,12-13H2,1-3H3,(H2-,23,25,27,30,31,32);1H/p+1. The highest BCUT2D eigenvalue weighted by atomic mass is 79.9. The third-order valence-electron chi connectivity index (χ3n) is 4.54. The molecule has 2 aromatic carbocycles. The van der Waals surface area contributed by atoms with Crippen molar-refractivity contribution in [2.75, 3.05) is 33.0 Å². The zero-order valence-corrected chi connectivity index (χ0v) is 21.0. The zero-order valence-electron chi connectivity index (χ0n) is 19.3. The van der Waals surface area contributed by atoms with Crippen LogP contribution in [0.4, 0.5) is 11.4 Å². The van der Waals surface area contributed by atoms with E-state index in [0.29, 0.717) is 15.5 Å². The fourth-order valence-corrected chi connectivity index (χ4v) is 2.98. The van der Waals surface area contributed by atoms with Crippen molar-refractivity contribution in [1.82, 2.24) is 15.4 Å². The zero-order chi connectivity index (χ0) is 24.9. The summed E-state index contributed by atoms with van der Waals surface area (Å²) in [6, 6.07) is 12.2. The molecule has 0 aliphatic carbocycles. The van der Waals surface area contributed by atoms with Crippen molar-refractivity contribution in [2.24, 2.45) is 5.10 Å². The molecule has 184 valence electrons. The fraction of sp³-hybridized carbons (Fsp3) is 0.227. The summed E-state index contributed by atoms with van der Waals surface area (Å²) in [5.41, 5.74) is 2.95. The van der Waals surface area contributed by atoms with E-state index in [0.717, 1.165) is 0 Å². The monoisotopic (exact) mass is 546 g/mol. The van der Waals surface area contributed by atoms with Crippen LogP contribution in [0.3, 0.4) is 0 Å². The van der Waals surface area contributed by atoms with Crippen LogP contribution in [0.25, 0.3) is 11.0 Å². The molecule has 35 heavy (non-hydrogen) atoms. The highest BCUT2D eigenvalue weighted by molar-refractivity contribution is 8.93. The maximum absolute atomic E-state index is 12.9. The first kappa shape index (κ1) is 27.3. The molecular weight excluding hydrogens is 522 g/mol. The Kier molecular flexibility index (Phi) is 8.92. The molecule has 0 saturated heterocycles. The summed E-state index contributed by atoms with van der Waals surface area (Å²) in [5.74, 6) is -1.12. The van der Waals surface area contributed by atoms with Crippen molar-refractivity contribution in [3.63, 3.8) is 0 Å². The van der Waals surface area contributed by atoms with E-state index in [1.165, 1.54) is 24.3 Å². The van der Waals surface area contributed by atoms with E-state index in [1.54, 1.807) is 24.3 Å². The van der Waals surface area contributed by atoms with Gasteiger partial charge in [0.2, 0.25) is 0 Å². The lowest BCUT2D eigenvalue weighted by Crippen LogP contribution is -2.43. The molecule has 0 radical (unpaired) electrons. The van der Waals surface area contributed by atoms with Crippen LogP contribution in [-0.4, -0.2) is 64.6 Å². The Morgan fingerprint density at radius 1 is 1.11 bits per heavy atom. The van der Waals surface area contributed by atoms with Gasteiger partial charge in [-0.3, -0.25) is 24.5 Å². The second-order valence-electron chi connectivity index (χ2n) is 8.51. The topological polar surface area (TPSA) is 159 Å². The molecule has 0 bridgehead atoms. The van der Waals surface area contributed by atoms with Crippen LogP contribution in [0.1, 0.15) is 5.69 Å². The van der Waals surface area contributed by atoms with Crippen molar-refractivity contribution in [1.29, 1.82) is 0 Å². The van der Waals surface area contributed by atoms with Gasteiger partial charge in [-0.25, -0.2) is 10.4 Å². The highest BCUT2D eigenvalue weighted by Crippen LogP contribution is 2.15. The van der Waals surface area contributed by atoms with Crippen LogP contribution in [0.5, 0.6) is 0 Å². The molecule has 0 atom stereocenters. The van der Waals surface area contributed by atoms with Gasteiger partial charge in [-0.05, 0) is 24.3 Å². The SMILES string of the molecule is Br.C[N+](C)(C)CC(=O)N/N=C(/Cc1nc2ccccc2[nH]c1=O)C(=O)Nc1ccc([N+](=O)[O-])cc1. The molecule has 0 unspecified atom stereocenters. The van der Waals surface area contributed by atoms with Crippen molar-refractivity contribution < 1.29 is 19.0 Å². The van der Waals surface area contributed by atoms with E-state index in [4.69, 9.17) is 0 Å². The van der Waals surface area contributed by atoms with Gasteiger partial charge in [-0.2, -0.15) is 5.10 Å². The van der Waals surface area contributed by atoms with Crippen LogP contribution in [0, 0.1) is 10.1 Å². The first-order valence-corrected chi connectivity index (χ1v) is 10.2. The number of nitrogens with zero attached hydrogens (tertiary/aromatic N) is 4. The Morgan fingerprint density at radius 2 is 1.77 bits per heavy atom. The number of hydrogen-bond acceptors (Lipinski definition) is 7. The molecule has 0 fully saturated rings. The summed E-state index contributed by atoms with van der Waals surface area (Å²) >= 11 is 0. The van der Waals surface area contributed by atoms with Gasteiger partial charge in [0.1, 0.15) is 11.4 Å². The summed E-state index contributed by atoms with van der Waals surface area (Å²) in [5, 5.41) is 17.4. The van der Waals surface area contributed by atoms with Crippen molar-refractivity contribution in [2.45, 2.75) is 6.42 Å². The first-order chi connectivity index (χ1) is 16.0. The number of halogens is 1. The summed E-state index contributed by atoms with van der Waals surface area (Å²) in [6.07, 6.45) is -0.260. The average Bonchev–Trinajstić information content (AvgIpc) is 2.76. The number of fused-ring (bicyclic) bond motifs is 1. The van der Waals surface area contributed by atoms with Crippen molar-refractivity contribution >= 4 is 56.9 Å². The Bertz CT molecular complexity index is 1330. The van der Waals surface area contributed by atoms with Gasteiger partial charge < -0.3 is 14.8 Å². The summed E-state index contributed by atoms with van der Waals surface area (Å²) in [4.78, 5) is 55.0. The third kappa shape index (κ3) is 7.79. The molecular formula is C22H25BrN7O5+. The molecule has 1 aromatic heterocycles. The minimum atomic E-state index is -0.700. The number of aromatic nitrogens is 2. The molecule has 1 heterocycles. The number of hydrogen-bond donors (Lipinski definition) is 3. The van der Waals surface area contributed by atoms with Gasteiger partial charge >= 0.3 is 0 Å². The number of amides is 2. The molecule has 3 N–H and O–H groups in total. The quantitative estimate of drug-likeness (QED) is 0.169. The minimum absolute atomic E-state index is 0. The summed E-state index contributed by atoms with van der Waals surface area (Å²) < 4.78 is 0.345. The Balaban J connectivity index is 0.00000432. The third-order valence-corrected chi connectivity index (χ3v) is 4.54. The van der Waals surface area contributed by atoms with Crippen LogP contribution in [0.2, 0.25) is 0 Å². The van der Waals surface area contributed by atoms with Gasteiger partial charge in [-0.1, -0.05) is 12.1 Å².